The first-order valence-corrected chi connectivity index (χ1v) is 10.3. The number of nitrogens with zero attached hydrogens (tertiary/aromatic N) is 2. The van der Waals surface area contributed by atoms with Gasteiger partial charge in [-0.05, 0) is 69.2 Å². The van der Waals surface area contributed by atoms with E-state index in [1.54, 1.807) is 30.3 Å². The minimum Gasteiger partial charge on any atom is -0.484 e. The average molecular weight is 413 g/mol. The number of ether oxygens (including phenoxy) is 1. The lowest BCUT2D eigenvalue weighted by Crippen LogP contribution is -2.58. The minimum absolute atomic E-state index is 0.0106. The fourth-order valence-corrected chi connectivity index (χ4v) is 3.94. The van der Waals surface area contributed by atoms with Crippen LogP contribution in [0.1, 0.15) is 42.3 Å². The molecule has 1 heterocycles. The Morgan fingerprint density at radius 1 is 1.07 bits per heavy atom. The van der Waals surface area contributed by atoms with Gasteiger partial charge in [-0.2, -0.15) is 0 Å². The van der Waals surface area contributed by atoms with Crippen molar-refractivity contribution in [2.45, 2.75) is 46.3 Å². The maximum atomic E-state index is 13.1. The van der Waals surface area contributed by atoms with Gasteiger partial charge in [0.05, 0.1) is 0 Å². The second-order valence-electron chi connectivity index (χ2n) is 8.12. The number of carbonyl (C=O) groups excluding carboxylic acids is 2. The fraction of sp³-hybridized carbons (Fsp3) is 0.417. The third-order valence-corrected chi connectivity index (χ3v) is 5.67. The molecule has 0 aromatic heterocycles. The minimum atomic E-state index is -0.235. The van der Waals surface area contributed by atoms with Crippen LogP contribution in [0.2, 0.25) is 0 Å². The van der Waals surface area contributed by atoms with Gasteiger partial charge in [0.2, 0.25) is 0 Å². The molecule has 1 amide bonds. The van der Waals surface area contributed by atoms with E-state index in [4.69, 9.17) is 4.74 Å². The number of ketones is 1. The van der Waals surface area contributed by atoms with Gasteiger partial charge in [-0.25, -0.2) is 4.39 Å². The number of hydrogen-bond acceptors (Lipinski definition) is 4. The van der Waals surface area contributed by atoms with Crippen LogP contribution in [0, 0.1) is 12.7 Å². The Morgan fingerprint density at radius 2 is 1.77 bits per heavy atom. The number of amides is 1. The molecular formula is C24H29FN2O3. The van der Waals surface area contributed by atoms with Gasteiger partial charge in [0.25, 0.3) is 5.91 Å². The molecule has 0 saturated carbocycles. The summed E-state index contributed by atoms with van der Waals surface area (Å²) in [5.41, 5.74) is 2.56. The lowest BCUT2D eigenvalue weighted by atomic mass is 10.1. The van der Waals surface area contributed by atoms with Gasteiger partial charge in [-0.1, -0.05) is 12.1 Å². The molecule has 0 aliphatic carbocycles. The van der Waals surface area contributed by atoms with Gasteiger partial charge >= 0.3 is 0 Å². The van der Waals surface area contributed by atoms with E-state index in [-0.39, 0.29) is 36.2 Å². The molecule has 0 N–H and O–H groups in total. The van der Waals surface area contributed by atoms with Crippen molar-refractivity contribution in [2.24, 2.45) is 0 Å². The number of piperazine rings is 1. The quantitative estimate of drug-likeness (QED) is 0.677. The summed E-state index contributed by atoms with van der Waals surface area (Å²) in [6.07, 6.45) is 0. The van der Waals surface area contributed by atoms with Crippen LogP contribution in [0.5, 0.6) is 5.75 Å². The summed E-state index contributed by atoms with van der Waals surface area (Å²) >= 11 is 0. The smallest absolute Gasteiger partial charge is 0.260 e. The molecule has 2 atom stereocenters. The zero-order valence-electron chi connectivity index (χ0n) is 18.0. The lowest BCUT2D eigenvalue weighted by Gasteiger charge is -2.44. The molecule has 0 radical (unpaired) electrons. The molecule has 30 heavy (non-hydrogen) atoms. The second kappa shape index (κ2) is 9.39. The predicted molar refractivity (Wildman–Crippen MR) is 114 cm³/mol. The molecule has 2 aromatic carbocycles. The van der Waals surface area contributed by atoms with E-state index in [9.17, 15) is 14.0 Å². The van der Waals surface area contributed by atoms with Crippen LogP contribution in [-0.2, 0) is 11.3 Å². The van der Waals surface area contributed by atoms with Gasteiger partial charge in [0, 0.05) is 37.3 Å². The Balaban J connectivity index is 1.56. The van der Waals surface area contributed by atoms with Gasteiger partial charge in [-0.15, -0.1) is 0 Å². The maximum absolute atomic E-state index is 13.1. The molecule has 160 valence electrons. The highest BCUT2D eigenvalue weighted by Gasteiger charge is 2.32. The third-order valence-electron chi connectivity index (χ3n) is 5.67. The fourth-order valence-electron chi connectivity index (χ4n) is 3.94. The van der Waals surface area contributed by atoms with Gasteiger partial charge < -0.3 is 9.64 Å². The Kier molecular flexibility index (Phi) is 6.87. The molecule has 1 fully saturated rings. The summed E-state index contributed by atoms with van der Waals surface area (Å²) in [6.45, 7) is 9.58. The molecule has 0 bridgehead atoms. The van der Waals surface area contributed by atoms with Crippen molar-refractivity contribution in [3.8, 4) is 5.75 Å². The standard InChI is InChI=1S/C24H29FN2O3/c1-16-11-22(9-10-23(16)19(4)28)30-15-24(29)27-13-17(2)26(12-18(27)3)14-20-5-7-21(25)8-6-20/h5-11,17-18H,12-15H2,1-4H3/t17-,18+/m1/s1. The number of halogens is 1. The first-order chi connectivity index (χ1) is 14.2. The number of aryl methyl sites for hydroxylation is 1. The highest BCUT2D eigenvalue weighted by Crippen LogP contribution is 2.20. The van der Waals surface area contributed by atoms with E-state index in [1.807, 2.05) is 18.7 Å². The number of benzene rings is 2. The SMILES string of the molecule is CC(=O)c1ccc(OCC(=O)N2C[C@@H](C)N(Cc3ccc(F)cc3)C[C@@H]2C)cc1C. The molecule has 1 saturated heterocycles. The van der Waals surface area contributed by atoms with Crippen molar-refractivity contribution in [3.05, 3.63) is 65.0 Å². The van der Waals surface area contributed by atoms with Gasteiger partial charge in [0.1, 0.15) is 11.6 Å². The van der Waals surface area contributed by atoms with Crippen molar-refractivity contribution in [1.29, 1.82) is 0 Å². The summed E-state index contributed by atoms with van der Waals surface area (Å²) in [5.74, 6) is 0.309. The van der Waals surface area contributed by atoms with Crippen LogP contribution < -0.4 is 4.74 Å². The normalized spacial score (nSPS) is 19.6. The van der Waals surface area contributed by atoms with Crippen molar-refractivity contribution in [1.82, 2.24) is 9.80 Å². The molecule has 0 spiro atoms. The first-order valence-electron chi connectivity index (χ1n) is 10.3. The zero-order chi connectivity index (χ0) is 21.8. The highest BCUT2D eigenvalue weighted by molar-refractivity contribution is 5.95. The number of Topliss-reactive ketones (excluding diaryl/α,β-unsaturated/α-hetero) is 1. The Labute approximate surface area is 177 Å². The Hall–Kier alpha value is -2.73. The maximum Gasteiger partial charge on any atom is 0.260 e. The molecule has 6 heteroatoms. The molecule has 1 aliphatic heterocycles. The van der Waals surface area contributed by atoms with Crippen LogP contribution in [0.25, 0.3) is 0 Å². The van der Waals surface area contributed by atoms with E-state index < -0.39 is 0 Å². The Bertz CT molecular complexity index is 913. The summed E-state index contributed by atoms with van der Waals surface area (Å²) in [7, 11) is 0. The highest BCUT2D eigenvalue weighted by atomic mass is 19.1. The van der Waals surface area contributed by atoms with Crippen molar-refractivity contribution in [3.63, 3.8) is 0 Å². The number of carbonyl (C=O) groups is 2. The van der Waals surface area contributed by atoms with Crippen LogP contribution >= 0.6 is 0 Å². The van der Waals surface area contributed by atoms with Crippen LogP contribution in [-0.4, -0.2) is 53.3 Å². The topological polar surface area (TPSA) is 49.9 Å². The van der Waals surface area contributed by atoms with Gasteiger partial charge in [-0.3, -0.25) is 14.5 Å². The molecule has 0 unspecified atom stereocenters. The lowest BCUT2D eigenvalue weighted by molar-refractivity contribution is -0.139. The Morgan fingerprint density at radius 3 is 2.40 bits per heavy atom. The van der Waals surface area contributed by atoms with Crippen molar-refractivity contribution >= 4 is 11.7 Å². The first kappa shape index (κ1) is 22.0. The van der Waals surface area contributed by atoms with E-state index >= 15 is 0 Å². The summed E-state index contributed by atoms with van der Waals surface area (Å²) in [6, 6.07) is 12.1. The molecule has 2 aromatic rings. The number of hydrogen-bond donors (Lipinski definition) is 0. The van der Waals surface area contributed by atoms with Crippen molar-refractivity contribution < 1.29 is 18.7 Å². The van der Waals surface area contributed by atoms with E-state index in [1.165, 1.54) is 19.1 Å². The second-order valence-corrected chi connectivity index (χ2v) is 8.12. The molecular weight excluding hydrogens is 383 g/mol. The average Bonchev–Trinajstić information content (AvgIpc) is 2.70. The summed E-state index contributed by atoms with van der Waals surface area (Å²) in [4.78, 5) is 28.5. The largest absolute Gasteiger partial charge is 0.484 e. The van der Waals surface area contributed by atoms with Crippen LogP contribution in [0.3, 0.4) is 0 Å². The zero-order valence-corrected chi connectivity index (χ0v) is 18.0. The van der Waals surface area contributed by atoms with E-state index in [0.717, 1.165) is 24.2 Å². The summed E-state index contributed by atoms with van der Waals surface area (Å²) in [5, 5.41) is 0. The van der Waals surface area contributed by atoms with Crippen LogP contribution in [0.4, 0.5) is 4.39 Å². The monoisotopic (exact) mass is 412 g/mol. The molecule has 3 rings (SSSR count). The van der Waals surface area contributed by atoms with Crippen LogP contribution in [0.15, 0.2) is 42.5 Å². The molecule has 1 aliphatic rings. The summed E-state index contributed by atoms with van der Waals surface area (Å²) < 4.78 is 18.8. The van der Waals surface area contributed by atoms with Crippen molar-refractivity contribution in [2.75, 3.05) is 19.7 Å². The van der Waals surface area contributed by atoms with E-state index in [2.05, 4.69) is 11.8 Å². The number of rotatable bonds is 6. The molecule has 5 nitrogen and oxygen atoms in total. The third kappa shape index (κ3) is 5.25. The van der Waals surface area contributed by atoms with E-state index in [0.29, 0.717) is 17.9 Å². The predicted octanol–water partition coefficient (Wildman–Crippen LogP) is 3.84. The van der Waals surface area contributed by atoms with Gasteiger partial charge in [0.15, 0.2) is 12.4 Å².